The molecule has 5 heteroatoms. The van der Waals surface area contributed by atoms with Gasteiger partial charge in [0.1, 0.15) is 5.92 Å². The Morgan fingerprint density at radius 2 is 2.23 bits per heavy atom. The zero-order valence-electron chi connectivity index (χ0n) is 7.04. The van der Waals surface area contributed by atoms with Crippen molar-refractivity contribution in [1.82, 2.24) is 4.90 Å². The quantitative estimate of drug-likeness (QED) is 0.661. The van der Waals surface area contributed by atoms with Crippen LogP contribution in [0.25, 0.3) is 0 Å². The maximum absolute atomic E-state index is 13.2. The summed E-state index contributed by atoms with van der Waals surface area (Å²) in [7, 11) is 0. The molecule has 2 rings (SSSR count). The second-order valence-corrected chi connectivity index (χ2v) is 3.86. The average Bonchev–Trinajstić information content (AvgIpc) is 2.29. The van der Waals surface area contributed by atoms with Crippen molar-refractivity contribution in [3.05, 3.63) is 0 Å². The lowest BCUT2D eigenvalue weighted by molar-refractivity contribution is -0.169. The first-order valence-electron chi connectivity index (χ1n) is 4.34. The highest BCUT2D eigenvalue weighted by atomic mass is 19.3. The predicted octanol–water partition coefficient (Wildman–Crippen LogP) is 0.658. The van der Waals surface area contributed by atoms with Crippen LogP contribution in [-0.4, -0.2) is 41.5 Å². The normalized spacial score (nSPS) is 41.8. The van der Waals surface area contributed by atoms with Crippen molar-refractivity contribution in [3.63, 3.8) is 0 Å². The molecule has 1 N–H and O–H groups in total. The molecule has 3 nitrogen and oxygen atoms in total. The van der Waals surface area contributed by atoms with Gasteiger partial charge in [-0.3, -0.25) is 9.69 Å². The highest BCUT2D eigenvalue weighted by Crippen LogP contribution is 2.41. The van der Waals surface area contributed by atoms with Gasteiger partial charge < -0.3 is 5.11 Å². The average molecular weight is 191 g/mol. The molecule has 2 saturated heterocycles. The number of carbonyl (C=O) groups is 1. The number of fused-ring (bicyclic) bond motifs is 2. The first-order chi connectivity index (χ1) is 6.00. The number of rotatable bonds is 1. The molecule has 2 heterocycles. The summed E-state index contributed by atoms with van der Waals surface area (Å²) in [5.74, 6) is -6.23. The van der Waals surface area contributed by atoms with Crippen LogP contribution in [0.15, 0.2) is 0 Å². The number of halogens is 2. The maximum atomic E-state index is 13.2. The predicted molar refractivity (Wildman–Crippen MR) is 40.6 cm³/mol. The second kappa shape index (κ2) is 2.64. The lowest BCUT2D eigenvalue weighted by atomic mass is 9.84. The summed E-state index contributed by atoms with van der Waals surface area (Å²) in [5, 5.41) is 8.70. The number of aliphatic carboxylic acids is 1. The van der Waals surface area contributed by atoms with E-state index in [1.807, 2.05) is 0 Å². The minimum Gasteiger partial charge on any atom is -0.481 e. The topological polar surface area (TPSA) is 40.5 Å². The Kier molecular flexibility index (Phi) is 1.80. The van der Waals surface area contributed by atoms with Crippen LogP contribution in [0.4, 0.5) is 8.78 Å². The Morgan fingerprint density at radius 1 is 1.54 bits per heavy atom. The SMILES string of the molecule is O=C(O)C1C2CCN(C2)CC1(F)F. The number of alkyl halides is 2. The molecule has 0 aliphatic carbocycles. The van der Waals surface area contributed by atoms with Crippen molar-refractivity contribution in [2.24, 2.45) is 11.8 Å². The molecule has 0 spiro atoms. The highest BCUT2D eigenvalue weighted by molar-refractivity contribution is 5.72. The molecule has 13 heavy (non-hydrogen) atoms. The summed E-state index contributed by atoms with van der Waals surface area (Å²) in [5.41, 5.74) is 0. The first kappa shape index (κ1) is 8.87. The van der Waals surface area contributed by atoms with Gasteiger partial charge in [0, 0.05) is 6.54 Å². The monoisotopic (exact) mass is 191 g/mol. The largest absolute Gasteiger partial charge is 0.481 e. The van der Waals surface area contributed by atoms with Crippen molar-refractivity contribution in [3.8, 4) is 0 Å². The van der Waals surface area contributed by atoms with E-state index in [0.717, 1.165) is 0 Å². The third-order valence-corrected chi connectivity index (χ3v) is 2.94. The molecule has 0 radical (unpaired) electrons. The van der Waals surface area contributed by atoms with E-state index in [-0.39, 0.29) is 12.5 Å². The van der Waals surface area contributed by atoms with Crippen molar-refractivity contribution in [2.45, 2.75) is 12.3 Å². The fourth-order valence-electron chi connectivity index (χ4n) is 2.40. The third kappa shape index (κ3) is 1.31. The van der Waals surface area contributed by atoms with E-state index in [9.17, 15) is 13.6 Å². The molecule has 0 aromatic rings. The van der Waals surface area contributed by atoms with Crippen LogP contribution < -0.4 is 0 Å². The number of hydrogen-bond donors (Lipinski definition) is 1. The van der Waals surface area contributed by atoms with Gasteiger partial charge in [-0.25, -0.2) is 8.78 Å². The van der Waals surface area contributed by atoms with Gasteiger partial charge in [0.05, 0.1) is 6.54 Å². The molecular formula is C8H11F2NO2. The van der Waals surface area contributed by atoms with Crippen LogP contribution in [0.1, 0.15) is 6.42 Å². The van der Waals surface area contributed by atoms with Gasteiger partial charge in [-0.1, -0.05) is 0 Å². The molecule has 0 saturated carbocycles. The second-order valence-electron chi connectivity index (χ2n) is 3.86. The molecular weight excluding hydrogens is 180 g/mol. The Hall–Kier alpha value is -0.710. The summed E-state index contributed by atoms with van der Waals surface area (Å²) < 4.78 is 26.5. The van der Waals surface area contributed by atoms with E-state index in [0.29, 0.717) is 19.5 Å². The number of nitrogens with zero attached hydrogens (tertiary/aromatic N) is 1. The van der Waals surface area contributed by atoms with Gasteiger partial charge in [-0.05, 0) is 18.9 Å². The van der Waals surface area contributed by atoms with Gasteiger partial charge in [0.2, 0.25) is 0 Å². The van der Waals surface area contributed by atoms with Gasteiger partial charge in [0.15, 0.2) is 0 Å². The zero-order valence-corrected chi connectivity index (χ0v) is 7.04. The number of piperidine rings is 1. The Bertz CT molecular complexity index is 244. The zero-order chi connectivity index (χ0) is 9.64. The molecule has 0 amide bonds. The third-order valence-electron chi connectivity index (χ3n) is 2.94. The Balaban J connectivity index is 2.26. The molecule has 2 aliphatic rings. The minimum atomic E-state index is -3.05. The van der Waals surface area contributed by atoms with E-state index >= 15 is 0 Å². The number of carboxylic acids is 1. The summed E-state index contributed by atoms with van der Waals surface area (Å²) >= 11 is 0. The van der Waals surface area contributed by atoms with Gasteiger partial charge >= 0.3 is 5.97 Å². The van der Waals surface area contributed by atoms with Crippen LogP contribution in [0.3, 0.4) is 0 Å². The molecule has 3 unspecified atom stereocenters. The summed E-state index contributed by atoms with van der Waals surface area (Å²) in [4.78, 5) is 12.3. The maximum Gasteiger partial charge on any atom is 0.313 e. The fourth-order valence-corrected chi connectivity index (χ4v) is 2.40. The Labute approximate surface area is 74.3 Å². The molecule has 0 aromatic carbocycles. The van der Waals surface area contributed by atoms with Crippen LogP contribution in [-0.2, 0) is 4.79 Å². The number of carboxylic acid groups (broad SMARTS) is 1. The minimum absolute atomic E-state index is 0.360. The molecule has 2 aliphatic heterocycles. The summed E-state index contributed by atoms with van der Waals surface area (Å²) in [6.07, 6.45) is 0.590. The van der Waals surface area contributed by atoms with Crippen LogP contribution >= 0.6 is 0 Å². The van der Waals surface area contributed by atoms with Crippen LogP contribution in [0.2, 0.25) is 0 Å². The fraction of sp³-hybridized carbons (Fsp3) is 0.875. The Morgan fingerprint density at radius 3 is 2.85 bits per heavy atom. The summed E-state index contributed by atoms with van der Waals surface area (Å²) in [6, 6.07) is 0. The molecule has 74 valence electrons. The van der Waals surface area contributed by atoms with Crippen molar-refractivity contribution in [2.75, 3.05) is 19.6 Å². The first-order valence-corrected chi connectivity index (χ1v) is 4.34. The lowest BCUT2D eigenvalue weighted by Gasteiger charge is -2.34. The standard InChI is InChI=1S/C8H11F2NO2/c9-8(10)4-11-2-1-5(3-11)6(8)7(12)13/h5-6H,1-4H2,(H,12,13). The van der Waals surface area contributed by atoms with E-state index in [2.05, 4.69) is 0 Å². The molecule has 2 bridgehead atoms. The smallest absolute Gasteiger partial charge is 0.313 e. The molecule has 3 atom stereocenters. The molecule has 2 fully saturated rings. The molecule has 0 aromatic heterocycles. The van der Waals surface area contributed by atoms with Gasteiger partial charge in [-0.15, -0.1) is 0 Å². The van der Waals surface area contributed by atoms with Gasteiger partial charge in [0.25, 0.3) is 5.92 Å². The number of hydrogen-bond acceptors (Lipinski definition) is 2. The van der Waals surface area contributed by atoms with Crippen LogP contribution in [0.5, 0.6) is 0 Å². The van der Waals surface area contributed by atoms with Crippen molar-refractivity contribution < 1.29 is 18.7 Å². The van der Waals surface area contributed by atoms with Crippen LogP contribution in [0, 0.1) is 11.8 Å². The van der Waals surface area contributed by atoms with Crippen molar-refractivity contribution in [1.29, 1.82) is 0 Å². The van der Waals surface area contributed by atoms with E-state index < -0.39 is 17.8 Å². The van der Waals surface area contributed by atoms with Gasteiger partial charge in [-0.2, -0.15) is 0 Å². The van der Waals surface area contributed by atoms with E-state index in [4.69, 9.17) is 5.11 Å². The van der Waals surface area contributed by atoms with E-state index in [1.165, 1.54) is 0 Å². The highest BCUT2D eigenvalue weighted by Gasteiger charge is 2.55. The lowest BCUT2D eigenvalue weighted by Crippen LogP contribution is -2.51. The summed E-state index contributed by atoms with van der Waals surface area (Å²) in [6.45, 7) is 0.747. The van der Waals surface area contributed by atoms with E-state index in [1.54, 1.807) is 4.90 Å². The van der Waals surface area contributed by atoms with Crippen molar-refractivity contribution >= 4 is 5.97 Å².